The molecule has 164 valence electrons. The Bertz CT molecular complexity index is 1420. The number of benzene rings is 1. The summed E-state index contributed by atoms with van der Waals surface area (Å²) in [5, 5.41) is 6.89. The highest BCUT2D eigenvalue weighted by Crippen LogP contribution is 2.28. The fraction of sp³-hybridized carbons (Fsp3) is 0.143. The number of nitrogens with zero attached hydrogens (tertiary/aromatic N) is 3. The zero-order chi connectivity index (χ0) is 22.9. The number of sulfonamides is 1. The number of halogens is 2. The lowest BCUT2D eigenvalue weighted by atomic mass is 10.0. The molecule has 4 rings (SSSR count). The van der Waals surface area contributed by atoms with Crippen molar-refractivity contribution in [2.24, 2.45) is 0 Å². The van der Waals surface area contributed by atoms with E-state index in [1.807, 2.05) is 10.8 Å². The molecule has 0 saturated carbocycles. The number of fused-ring (bicyclic) bond motifs is 1. The zero-order valence-electron chi connectivity index (χ0n) is 16.8. The van der Waals surface area contributed by atoms with E-state index in [1.165, 1.54) is 0 Å². The molecular formula is C21H17F2N5O3S. The number of hydrogen-bond acceptors (Lipinski definition) is 6. The highest BCUT2D eigenvalue weighted by atomic mass is 32.2. The molecule has 32 heavy (non-hydrogen) atoms. The van der Waals surface area contributed by atoms with Gasteiger partial charge >= 0.3 is 0 Å². The van der Waals surface area contributed by atoms with Crippen molar-refractivity contribution >= 4 is 32.5 Å². The average molecular weight is 457 g/mol. The van der Waals surface area contributed by atoms with Crippen molar-refractivity contribution in [1.82, 2.24) is 20.2 Å². The third-order valence-electron chi connectivity index (χ3n) is 4.69. The average Bonchev–Trinajstić information content (AvgIpc) is 3.20. The summed E-state index contributed by atoms with van der Waals surface area (Å²) in [5.41, 5.74) is 0.147. The maximum Gasteiger partial charge on any atom is 0.232 e. The monoisotopic (exact) mass is 457 g/mol. The van der Waals surface area contributed by atoms with Crippen LogP contribution in [-0.4, -0.2) is 40.1 Å². The Morgan fingerprint density at radius 2 is 1.97 bits per heavy atom. The maximum absolute atomic E-state index is 15.0. The number of hydrogen-bond donors (Lipinski definition) is 2. The summed E-state index contributed by atoms with van der Waals surface area (Å²) in [6, 6.07) is 6.99. The predicted octanol–water partition coefficient (Wildman–Crippen LogP) is 3.68. The number of ketones is 1. The molecule has 11 heteroatoms. The fourth-order valence-electron chi connectivity index (χ4n) is 3.19. The van der Waals surface area contributed by atoms with Crippen LogP contribution in [0.2, 0.25) is 0 Å². The quantitative estimate of drug-likeness (QED) is 0.409. The number of nitrogens with one attached hydrogen (secondary N) is 2. The SMILES string of the molecule is CCCS(=O)(=O)Nc1c(F)ccc(C(=O)c2n[nH]c3ncc(-c4cccnc4)cc23)c1F. The molecule has 0 aliphatic carbocycles. The van der Waals surface area contributed by atoms with Crippen LogP contribution in [0.5, 0.6) is 0 Å². The molecule has 0 unspecified atom stereocenters. The van der Waals surface area contributed by atoms with Crippen LogP contribution >= 0.6 is 0 Å². The molecule has 1 aromatic carbocycles. The number of carbonyl (C=O) groups is 1. The predicted molar refractivity (Wildman–Crippen MR) is 115 cm³/mol. The fourth-order valence-corrected chi connectivity index (χ4v) is 4.33. The minimum absolute atomic E-state index is 0.133. The first-order valence-electron chi connectivity index (χ1n) is 9.58. The Morgan fingerprint density at radius 3 is 2.69 bits per heavy atom. The molecule has 0 saturated heterocycles. The van der Waals surface area contributed by atoms with Gasteiger partial charge in [-0.25, -0.2) is 22.2 Å². The van der Waals surface area contributed by atoms with E-state index >= 15 is 4.39 Å². The number of pyridine rings is 2. The van der Waals surface area contributed by atoms with E-state index in [0.29, 0.717) is 16.6 Å². The number of rotatable bonds is 7. The second-order valence-corrected chi connectivity index (χ2v) is 8.81. The van der Waals surface area contributed by atoms with Gasteiger partial charge in [0.25, 0.3) is 0 Å². The van der Waals surface area contributed by atoms with Crippen LogP contribution < -0.4 is 4.72 Å². The summed E-state index contributed by atoms with van der Waals surface area (Å²) in [7, 11) is -3.98. The van der Waals surface area contributed by atoms with Gasteiger partial charge in [-0.05, 0) is 30.7 Å². The summed E-state index contributed by atoms with van der Waals surface area (Å²) >= 11 is 0. The van der Waals surface area contributed by atoms with Crippen LogP contribution in [0.25, 0.3) is 22.2 Å². The lowest BCUT2D eigenvalue weighted by Crippen LogP contribution is -2.19. The molecule has 0 spiro atoms. The summed E-state index contributed by atoms with van der Waals surface area (Å²) in [6.45, 7) is 1.61. The van der Waals surface area contributed by atoms with Crippen LogP contribution in [0.15, 0.2) is 48.9 Å². The van der Waals surface area contributed by atoms with Crippen molar-refractivity contribution in [3.05, 3.63) is 71.8 Å². The molecule has 8 nitrogen and oxygen atoms in total. The first-order chi connectivity index (χ1) is 15.3. The standard InChI is InChI=1S/C21H17F2N5O3S/c1-2-8-32(30,31)28-19-16(22)6-5-14(17(19)23)20(29)18-15-9-13(11-25-21(15)27-26-18)12-4-3-7-24-10-12/h3-7,9-11,28H,2,8H2,1H3,(H,25,26,27). The van der Waals surface area contributed by atoms with E-state index in [0.717, 1.165) is 17.7 Å². The molecule has 0 amide bonds. The van der Waals surface area contributed by atoms with Crippen molar-refractivity contribution in [3.8, 4) is 11.1 Å². The Kier molecular flexibility index (Phi) is 5.66. The Labute approximate surface area is 181 Å². The Morgan fingerprint density at radius 1 is 1.16 bits per heavy atom. The van der Waals surface area contributed by atoms with Crippen molar-refractivity contribution in [1.29, 1.82) is 0 Å². The second-order valence-electron chi connectivity index (χ2n) is 6.97. The first-order valence-corrected chi connectivity index (χ1v) is 11.2. The zero-order valence-corrected chi connectivity index (χ0v) is 17.6. The topological polar surface area (TPSA) is 118 Å². The largest absolute Gasteiger partial charge is 0.287 e. The molecule has 0 bridgehead atoms. The molecule has 0 aliphatic rings. The van der Waals surface area contributed by atoms with E-state index < -0.39 is 38.7 Å². The highest BCUT2D eigenvalue weighted by molar-refractivity contribution is 7.92. The van der Waals surface area contributed by atoms with Gasteiger partial charge in [-0.15, -0.1) is 0 Å². The van der Waals surface area contributed by atoms with Gasteiger partial charge in [0.05, 0.1) is 16.7 Å². The summed E-state index contributed by atoms with van der Waals surface area (Å²) in [4.78, 5) is 21.4. The van der Waals surface area contributed by atoms with Crippen LogP contribution in [0.4, 0.5) is 14.5 Å². The van der Waals surface area contributed by atoms with Gasteiger partial charge in [0, 0.05) is 29.7 Å². The molecule has 0 aliphatic heterocycles. The lowest BCUT2D eigenvalue weighted by molar-refractivity contribution is 0.103. The molecule has 3 aromatic heterocycles. The van der Waals surface area contributed by atoms with E-state index in [4.69, 9.17) is 0 Å². The van der Waals surface area contributed by atoms with E-state index in [2.05, 4.69) is 20.2 Å². The van der Waals surface area contributed by atoms with Crippen LogP contribution in [0, 0.1) is 11.6 Å². The van der Waals surface area contributed by atoms with Gasteiger partial charge in [-0.2, -0.15) is 5.10 Å². The maximum atomic E-state index is 15.0. The van der Waals surface area contributed by atoms with Gasteiger partial charge < -0.3 is 0 Å². The summed E-state index contributed by atoms with van der Waals surface area (Å²) in [5.74, 6) is -3.63. The number of aromatic amines is 1. The summed E-state index contributed by atoms with van der Waals surface area (Å²) in [6.07, 6.45) is 5.07. The van der Waals surface area contributed by atoms with Gasteiger partial charge in [0.15, 0.2) is 11.5 Å². The normalized spacial score (nSPS) is 11.6. The molecule has 2 N–H and O–H groups in total. The molecule has 3 heterocycles. The molecular weight excluding hydrogens is 440 g/mol. The molecule has 0 atom stereocenters. The van der Waals surface area contributed by atoms with E-state index in [1.54, 1.807) is 37.6 Å². The van der Waals surface area contributed by atoms with Gasteiger partial charge in [0.1, 0.15) is 17.2 Å². The highest BCUT2D eigenvalue weighted by Gasteiger charge is 2.25. The lowest BCUT2D eigenvalue weighted by Gasteiger charge is -2.11. The van der Waals surface area contributed by atoms with Crippen molar-refractivity contribution in [2.75, 3.05) is 10.5 Å². The van der Waals surface area contributed by atoms with E-state index in [9.17, 15) is 17.6 Å². The molecule has 0 fully saturated rings. The smallest absolute Gasteiger partial charge is 0.232 e. The van der Waals surface area contributed by atoms with Gasteiger partial charge in [0.2, 0.25) is 15.8 Å². The molecule has 0 radical (unpaired) electrons. The Hall–Kier alpha value is -3.73. The second kappa shape index (κ2) is 8.42. The van der Waals surface area contributed by atoms with Crippen molar-refractivity contribution in [2.45, 2.75) is 13.3 Å². The Balaban J connectivity index is 1.77. The number of carbonyl (C=O) groups excluding carboxylic acids is 1. The van der Waals surface area contributed by atoms with Gasteiger partial charge in [-0.1, -0.05) is 13.0 Å². The minimum Gasteiger partial charge on any atom is -0.287 e. The molecule has 4 aromatic rings. The third kappa shape index (κ3) is 4.06. The first kappa shape index (κ1) is 21.5. The van der Waals surface area contributed by atoms with Crippen LogP contribution in [0.3, 0.4) is 0 Å². The summed E-state index contributed by atoms with van der Waals surface area (Å²) < 4.78 is 55.1. The number of H-pyrrole nitrogens is 1. The van der Waals surface area contributed by atoms with Crippen LogP contribution in [-0.2, 0) is 10.0 Å². The third-order valence-corrected chi connectivity index (χ3v) is 6.15. The van der Waals surface area contributed by atoms with Gasteiger partial charge in [-0.3, -0.25) is 19.6 Å². The van der Waals surface area contributed by atoms with Crippen molar-refractivity contribution in [3.63, 3.8) is 0 Å². The number of anilines is 1. The number of aromatic nitrogens is 4. The minimum atomic E-state index is -3.98. The van der Waals surface area contributed by atoms with E-state index in [-0.39, 0.29) is 17.9 Å². The van der Waals surface area contributed by atoms with Crippen LogP contribution in [0.1, 0.15) is 29.4 Å². The van der Waals surface area contributed by atoms with Crippen molar-refractivity contribution < 1.29 is 22.0 Å².